The van der Waals surface area contributed by atoms with E-state index < -0.39 is 0 Å². The second-order valence-electron chi connectivity index (χ2n) is 5.21. The van der Waals surface area contributed by atoms with Gasteiger partial charge in [0, 0.05) is 49.9 Å². The summed E-state index contributed by atoms with van der Waals surface area (Å²) in [5.74, 6) is -0.211. The van der Waals surface area contributed by atoms with E-state index in [-0.39, 0.29) is 5.82 Å². The molecule has 2 rings (SSSR count). The molecule has 1 heterocycles. The van der Waals surface area contributed by atoms with E-state index in [4.69, 9.17) is 11.6 Å². The molecular formula is C15H20ClFN2. The van der Waals surface area contributed by atoms with Crippen molar-refractivity contribution in [3.05, 3.63) is 46.8 Å². The molecule has 1 aliphatic heterocycles. The zero-order chi connectivity index (χ0) is 13.8. The number of hydrogen-bond acceptors (Lipinski definition) is 2. The first kappa shape index (κ1) is 14.5. The summed E-state index contributed by atoms with van der Waals surface area (Å²) >= 11 is 6.06. The molecule has 0 saturated carbocycles. The maximum atomic E-state index is 13.7. The van der Waals surface area contributed by atoms with Gasteiger partial charge >= 0.3 is 0 Å². The monoisotopic (exact) mass is 282 g/mol. The number of piperazine rings is 1. The highest BCUT2D eigenvalue weighted by molar-refractivity contribution is 6.31. The molecule has 2 nitrogen and oxygen atoms in total. The van der Waals surface area contributed by atoms with Crippen LogP contribution < -0.4 is 0 Å². The number of benzene rings is 1. The van der Waals surface area contributed by atoms with E-state index in [1.165, 1.54) is 11.6 Å². The van der Waals surface area contributed by atoms with Crippen LogP contribution in [0.25, 0.3) is 0 Å². The van der Waals surface area contributed by atoms with Gasteiger partial charge in [-0.1, -0.05) is 29.8 Å². The summed E-state index contributed by atoms with van der Waals surface area (Å²) in [7, 11) is 0. The predicted molar refractivity (Wildman–Crippen MR) is 77.9 cm³/mol. The summed E-state index contributed by atoms with van der Waals surface area (Å²) in [6, 6.07) is 4.86. The van der Waals surface area contributed by atoms with Gasteiger partial charge in [0.2, 0.25) is 0 Å². The molecule has 0 amide bonds. The molecule has 0 spiro atoms. The van der Waals surface area contributed by atoms with Crippen LogP contribution in [0.4, 0.5) is 4.39 Å². The topological polar surface area (TPSA) is 6.48 Å². The average Bonchev–Trinajstić information content (AvgIpc) is 2.35. The van der Waals surface area contributed by atoms with Gasteiger partial charge in [0.15, 0.2) is 0 Å². The second kappa shape index (κ2) is 6.51. The van der Waals surface area contributed by atoms with Crippen LogP contribution in [0.1, 0.15) is 12.5 Å². The maximum Gasteiger partial charge on any atom is 0.129 e. The molecule has 19 heavy (non-hydrogen) atoms. The normalized spacial score (nSPS) is 17.6. The summed E-state index contributed by atoms with van der Waals surface area (Å²) < 4.78 is 13.7. The van der Waals surface area contributed by atoms with Gasteiger partial charge in [0.25, 0.3) is 0 Å². The molecule has 1 aromatic rings. The van der Waals surface area contributed by atoms with Crippen LogP contribution in [0.15, 0.2) is 30.4 Å². The number of nitrogens with zero attached hydrogens (tertiary/aromatic N) is 2. The summed E-state index contributed by atoms with van der Waals surface area (Å²) in [6.07, 6.45) is 0. The third-order valence-electron chi connectivity index (χ3n) is 3.40. The molecule has 0 unspecified atom stereocenters. The largest absolute Gasteiger partial charge is 0.297 e. The Morgan fingerprint density at radius 3 is 2.47 bits per heavy atom. The Labute approximate surface area is 119 Å². The fourth-order valence-electron chi connectivity index (χ4n) is 2.39. The highest BCUT2D eigenvalue weighted by Crippen LogP contribution is 2.21. The van der Waals surface area contributed by atoms with Gasteiger partial charge in [-0.05, 0) is 19.1 Å². The average molecular weight is 283 g/mol. The fourth-order valence-corrected chi connectivity index (χ4v) is 2.62. The SMILES string of the molecule is C=C(C)CN1CCN(Cc2c(F)cccc2Cl)CC1. The molecule has 1 saturated heterocycles. The van der Waals surface area contributed by atoms with Gasteiger partial charge < -0.3 is 0 Å². The van der Waals surface area contributed by atoms with Crippen molar-refractivity contribution in [2.24, 2.45) is 0 Å². The highest BCUT2D eigenvalue weighted by atomic mass is 35.5. The van der Waals surface area contributed by atoms with E-state index in [0.29, 0.717) is 17.1 Å². The summed E-state index contributed by atoms with van der Waals surface area (Å²) in [4.78, 5) is 4.63. The molecule has 1 fully saturated rings. The third-order valence-corrected chi connectivity index (χ3v) is 3.76. The van der Waals surface area contributed by atoms with Crippen molar-refractivity contribution in [3.8, 4) is 0 Å². The van der Waals surface area contributed by atoms with Crippen LogP contribution in [-0.4, -0.2) is 42.5 Å². The van der Waals surface area contributed by atoms with Gasteiger partial charge in [0.05, 0.1) is 0 Å². The lowest BCUT2D eigenvalue weighted by atomic mass is 10.1. The molecule has 0 bridgehead atoms. The summed E-state index contributed by atoms with van der Waals surface area (Å²) in [5, 5.41) is 0.518. The number of halogens is 2. The predicted octanol–water partition coefficient (Wildman–Crippen LogP) is 3.17. The fraction of sp³-hybridized carbons (Fsp3) is 0.467. The van der Waals surface area contributed by atoms with Gasteiger partial charge in [-0.3, -0.25) is 9.80 Å². The molecule has 4 heteroatoms. The van der Waals surface area contributed by atoms with Crippen molar-refractivity contribution in [2.75, 3.05) is 32.7 Å². The lowest BCUT2D eigenvalue weighted by Gasteiger charge is -2.35. The van der Waals surface area contributed by atoms with Gasteiger partial charge in [-0.25, -0.2) is 4.39 Å². The van der Waals surface area contributed by atoms with Crippen LogP contribution in [0.5, 0.6) is 0 Å². The molecule has 0 atom stereocenters. The quantitative estimate of drug-likeness (QED) is 0.783. The smallest absolute Gasteiger partial charge is 0.129 e. The van der Waals surface area contributed by atoms with Crippen molar-refractivity contribution in [3.63, 3.8) is 0 Å². The minimum atomic E-state index is -0.211. The summed E-state index contributed by atoms with van der Waals surface area (Å²) in [5.41, 5.74) is 1.79. The van der Waals surface area contributed by atoms with Crippen LogP contribution in [0.3, 0.4) is 0 Å². The Morgan fingerprint density at radius 1 is 1.26 bits per heavy atom. The van der Waals surface area contributed by atoms with Crippen LogP contribution in [0, 0.1) is 5.82 Å². The van der Waals surface area contributed by atoms with Gasteiger partial charge in [-0.15, -0.1) is 0 Å². The molecule has 104 valence electrons. The van der Waals surface area contributed by atoms with Crippen LogP contribution >= 0.6 is 11.6 Å². The van der Waals surface area contributed by atoms with Crippen LogP contribution in [-0.2, 0) is 6.54 Å². The highest BCUT2D eigenvalue weighted by Gasteiger charge is 2.18. The van der Waals surface area contributed by atoms with E-state index in [0.717, 1.165) is 32.7 Å². The molecule has 1 aliphatic rings. The summed E-state index contributed by atoms with van der Waals surface area (Å²) in [6.45, 7) is 11.4. The molecule has 1 aromatic carbocycles. The van der Waals surface area contributed by atoms with Crippen molar-refractivity contribution in [1.82, 2.24) is 9.80 Å². The minimum absolute atomic E-state index is 0.211. The zero-order valence-corrected chi connectivity index (χ0v) is 12.1. The number of rotatable bonds is 4. The van der Waals surface area contributed by atoms with E-state index in [1.54, 1.807) is 12.1 Å². The van der Waals surface area contributed by atoms with E-state index in [9.17, 15) is 4.39 Å². The Bertz CT molecular complexity index is 433. The molecule has 0 radical (unpaired) electrons. The standard InChI is InChI=1S/C15H20ClFN2/c1-12(2)10-18-6-8-19(9-7-18)11-13-14(16)4-3-5-15(13)17/h3-5H,1,6-11H2,2H3. The Kier molecular flexibility index (Phi) is 4.97. The van der Waals surface area contributed by atoms with Gasteiger partial charge in [-0.2, -0.15) is 0 Å². The first-order valence-electron chi connectivity index (χ1n) is 6.58. The molecule has 0 aliphatic carbocycles. The first-order valence-corrected chi connectivity index (χ1v) is 6.96. The zero-order valence-electron chi connectivity index (χ0n) is 11.3. The van der Waals surface area contributed by atoms with Crippen molar-refractivity contribution < 1.29 is 4.39 Å². The van der Waals surface area contributed by atoms with E-state index >= 15 is 0 Å². The number of hydrogen-bond donors (Lipinski definition) is 0. The Morgan fingerprint density at radius 2 is 1.89 bits per heavy atom. The van der Waals surface area contributed by atoms with Crippen molar-refractivity contribution >= 4 is 11.6 Å². The minimum Gasteiger partial charge on any atom is -0.297 e. The van der Waals surface area contributed by atoms with E-state index in [1.807, 2.05) is 6.92 Å². The second-order valence-corrected chi connectivity index (χ2v) is 5.62. The Hall–Kier alpha value is -0.900. The molecule has 0 N–H and O–H groups in total. The Balaban J connectivity index is 1.91. The maximum absolute atomic E-state index is 13.7. The van der Waals surface area contributed by atoms with Gasteiger partial charge in [0.1, 0.15) is 5.82 Å². The van der Waals surface area contributed by atoms with Crippen molar-refractivity contribution in [2.45, 2.75) is 13.5 Å². The molecule has 0 aromatic heterocycles. The third kappa shape index (κ3) is 4.03. The first-order chi connectivity index (χ1) is 9.06. The van der Waals surface area contributed by atoms with Crippen LogP contribution in [0.2, 0.25) is 5.02 Å². The van der Waals surface area contributed by atoms with Crippen molar-refractivity contribution in [1.29, 1.82) is 0 Å². The van der Waals surface area contributed by atoms with E-state index in [2.05, 4.69) is 16.4 Å². The molecular weight excluding hydrogens is 263 g/mol. The lowest BCUT2D eigenvalue weighted by Crippen LogP contribution is -2.46. The lowest BCUT2D eigenvalue weighted by molar-refractivity contribution is 0.134.